The summed E-state index contributed by atoms with van der Waals surface area (Å²) >= 11 is 0. The van der Waals surface area contributed by atoms with Gasteiger partial charge in [0, 0.05) is 12.4 Å². The average molecular weight is 263 g/mol. The Morgan fingerprint density at radius 2 is 1.45 bits per heavy atom. The lowest BCUT2D eigenvalue weighted by Gasteiger charge is -2.06. The van der Waals surface area contributed by atoms with Crippen LogP contribution in [-0.2, 0) is 0 Å². The minimum atomic E-state index is 0.708. The maximum Gasteiger partial charge on any atom is 0.188 e. The van der Waals surface area contributed by atoms with Crippen molar-refractivity contribution in [3.63, 3.8) is 0 Å². The van der Waals surface area contributed by atoms with Crippen molar-refractivity contribution in [1.29, 1.82) is 0 Å². The van der Waals surface area contributed by atoms with E-state index in [9.17, 15) is 0 Å². The van der Waals surface area contributed by atoms with Crippen LogP contribution < -0.4 is 10.8 Å². The van der Waals surface area contributed by atoms with Crippen LogP contribution in [0.4, 0.5) is 11.4 Å². The molecule has 0 bridgehead atoms. The van der Waals surface area contributed by atoms with E-state index in [1.807, 2.05) is 85.2 Å². The highest BCUT2D eigenvalue weighted by atomic mass is 15.9. The molecule has 1 heterocycles. The number of aromatic nitrogens is 1. The van der Waals surface area contributed by atoms with Gasteiger partial charge >= 0.3 is 0 Å². The van der Waals surface area contributed by atoms with E-state index < -0.39 is 0 Å². The van der Waals surface area contributed by atoms with Crippen LogP contribution in [0.5, 0.6) is 0 Å². The Labute approximate surface area is 119 Å². The van der Waals surface area contributed by atoms with Crippen LogP contribution in [-0.4, -0.2) is 4.68 Å². The van der Waals surface area contributed by atoms with Gasteiger partial charge in [0.15, 0.2) is 1.41 Å². The van der Waals surface area contributed by atoms with E-state index in [0.29, 0.717) is 5.69 Å². The molecule has 3 nitrogen and oxygen atoms in total. The number of hydrogen-bond acceptors (Lipinski definition) is 2. The zero-order valence-corrected chi connectivity index (χ0v) is 10.9. The summed E-state index contributed by atoms with van der Waals surface area (Å²) in [4.78, 5) is 4.64. The summed E-state index contributed by atoms with van der Waals surface area (Å²) in [6.07, 6.45) is 3.65. The monoisotopic (exact) mass is 263 g/mol. The molecule has 0 radical (unpaired) electrons. The fraction of sp³-hybridized carbons (Fsp3) is 0. The fourth-order valence-electron chi connectivity index (χ4n) is 1.87. The number of anilines is 1. The molecule has 0 saturated carbocycles. The summed E-state index contributed by atoms with van der Waals surface area (Å²) in [6, 6.07) is 23.1. The summed E-state index contributed by atoms with van der Waals surface area (Å²) in [5.41, 5.74) is 2.90. The van der Waals surface area contributed by atoms with Gasteiger partial charge < -0.3 is 0 Å². The predicted octanol–water partition coefficient (Wildman–Crippen LogP) is 3.60. The highest BCUT2D eigenvalue weighted by Crippen LogP contribution is 2.09. The van der Waals surface area contributed by atoms with E-state index >= 15 is 0 Å². The lowest BCUT2D eigenvalue weighted by atomic mass is 10.3. The summed E-state index contributed by atoms with van der Waals surface area (Å²) in [5, 5.41) is 0.745. The smallest absolute Gasteiger partial charge is 0.188 e. The molecular weight excluding hydrogens is 247 g/mol. The van der Waals surface area contributed by atoms with Gasteiger partial charge in [-0.2, -0.15) is 0 Å². The molecule has 0 spiro atoms. The normalized spacial score (nSPS) is 12.0. The van der Waals surface area contributed by atoms with Gasteiger partial charge in [-0.05, 0) is 36.4 Å². The first-order valence-electron chi connectivity index (χ1n) is 6.91. The van der Waals surface area contributed by atoms with Gasteiger partial charge in [0.2, 0.25) is 0 Å². The molecular formula is C17H15N3. The van der Waals surface area contributed by atoms with Crippen molar-refractivity contribution in [2.75, 3.05) is 5.42 Å². The molecule has 0 aliphatic rings. The molecule has 0 fully saturated rings. The van der Waals surface area contributed by atoms with Crippen LogP contribution in [0.25, 0.3) is 0 Å². The van der Waals surface area contributed by atoms with Crippen LogP contribution in [0.2, 0.25) is 1.41 Å². The Morgan fingerprint density at radius 3 is 2.20 bits per heavy atom. The minimum absolute atomic E-state index is 0.708. The first-order valence-corrected chi connectivity index (χ1v) is 6.46. The molecule has 1 aromatic heterocycles. The van der Waals surface area contributed by atoms with E-state index in [1.165, 1.54) is 5.42 Å². The Balaban J connectivity index is 2.14. The number of rotatable bonds is 3. The van der Waals surface area contributed by atoms with Gasteiger partial charge in [-0.3, -0.25) is 10.1 Å². The fourth-order valence-corrected chi connectivity index (χ4v) is 1.87. The number of nitrogens with one attached hydrogen (secondary N) is 1. The average Bonchev–Trinajstić information content (AvgIpc) is 2.96. The molecule has 1 N–H and O–H groups in total. The second-order valence-corrected chi connectivity index (χ2v) is 4.29. The SMILES string of the molecule is [2H][15N](c1cccccc1=Nc1ccccc1)n1cccc1. The lowest BCUT2D eigenvalue weighted by Crippen LogP contribution is -2.13. The van der Waals surface area contributed by atoms with Crippen LogP contribution in [0.3, 0.4) is 0 Å². The number of benzene rings is 1. The molecule has 2 aromatic carbocycles. The summed E-state index contributed by atoms with van der Waals surface area (Å²) in [6.45, 7) is 0. The van der Waals surface area contributed by atoms with Crippen molar-refractivity contribution < 1.29 is 1.41 Å². The van der Waals surface area contributed by atoms with Gasteiger partial charge in [-0.25, -0.2) is 4.99 Å². The third kappa shape index (κ3) is 2.95. The molecule has 0 atom stereocenters. The highest BCUT2D eigenvalue weighted by Gasteiger charge is 1.95. The molecule has 98 valence electrons. The van der Waals surface area contributed by atoms with Crippen molar-refractivity contribution in [2.24, 2.45) is 4.99 Å². The quantitative estimate of drug-likeness (QED) is 0.719. The maximum absolute atomic E-state index is 8.30. The van der Waals surface area contributed by atoms with Crippen molar-refractivity contribution in [3.8, 4) is 0 Å². The molecule has 3 heteroatoms. The van der Waals surface area contributed by atoms with Gasteiger partial charge in [0.25, 0.3) is 0 Å². The Bertz CT molecular complexity index is 767. The Hall–Kier alpha value is -2.81. The molecule has 0 saturated heterocycles. The van der Waals surface area contributed by atoms with E-state index in [2.05, 4.69) is 4.99 Å². The van der Waals surface area contributed by atoms with E-state index in [4.69, 9.17) is 1.41 Å². The van der Waals surface area contributed by atoms with Gasteiger partial charge in [0.1, 0.15) is 0 Å². The van der Waals surface area contributed by atoms with E-state index in [1.54, 1.807) is 4.68 Å². The third-order valence-electron chi connectivity index (χ3n) is 2.81. The molecule has 0 aliphatic heterocycles. The predicted molar refractivity (Wildman–Crippen MR) is 81.6 cm³/mol. The molecule has 0 amide bonds. The standard InChI is InChI=1S/C17H15N3/c1-3-9-15(10-4-1)18-16-11-5-2-6-12-17(16)19-20-13-7-8-14-20/h1-14H,(H,18,19)/i19+1/hD. The van der Waals surface area contributed by atoms with Crippen LogP contribution in [0, 0.1) is 0 Å². The van der Waals surface area contributed by atoms with Gasteiger partial charge in [-0.1, -0.05) is 36.4 Å². The number of hydrogen-bond donors (Lipinski definition) is 1. The van der Waals surface area contributed by atoms with Crippen molar-refractivity contribution >= 4 is 11.4 Å². The Kier molecular flexibility index (Phi) is 3.25. The van der Waals surface area contributed by atoms with Crippen LogP contribution >= 0.6 is 0 Å². The largest absolute Gasteiger partial charge is 0.293 e. The third-order valence-corrected chi connectivity index (χ3v) is 2.81. The van der Waals surface area contributed by atoms with Crippen LogP contribution in [0.15, 0.2) is 90.2 Å². The molecule has 3 aromatic rings. The van der Waals surface area contributed by atoms with Gasteiger partial charge in [-0.15, -0.1) is 0 Å². The lowest BCUT2D eigenvalue weighted by molar-refractivity contribution is 0.966. The molecule has 3 rings (SSSR count). The van der Waals surface area contributed by atoms with Crippen molar-refractivity contribution in [2.45, 2.75) is 0 Å². The van der Waals surface area contributed by atoms with Gasteiger partial charge in [0.05, 0.1) is 16.7 Å². The first kappa shape index (κ1) is 11.1. The highest BCUT2D eigenvalue weighted by molar-refractivity contribution is 5.44. The zero-order valence-electron chi connectivity index (χ0n) is 11.9. The minimum Gasteiger partial charge on any atom is -0.293 e. The molecule has 0 unspecified atom stereocenters. The summed E-state index contributed by atoms with van der Waals surface area (Å²) < 4.78 is 9.99. The number of para-hydroxylation sites is 1. The summed E-state index contributed by atoms with van der Waals surface area (Å²) in [7, 11) is 0. The Morgan fingerprint density at radius 1 is 0.800 bits per heavy atom. The van der Waals surface area contributed by atoms with E-state index in [0.717, 1.165) is 11.0 Å². The second kappa shape index (κ2) is 5.89. The molecule has 0 aliphatic carbocycles. The zero-order chi connectivity index (χ0) is 14.5. The first-order chi connectivity index (χ1) is 10.3. The van der Waals surface area contributed by atoms with E-state index in [-0.39, 0.29) is 0 Å². The summed E-state index contributed by atoms with van der Waals surface area (Å²) in [5.74, 6) is 0. The second-order valence-electron chi connectivity index (χ2n) is 4.29. The topological polar surface area (TPSA) is 29.3 Å². The van der Waals surface area contributed by atoms with Crippen molar-refractivity contribution in [3.05, 3.63) is 90.5 Å². The van der Waals surface area contributed by atoms with Crippen LogP contribution in [0.1, 0.15) is 0 Å². The molecule has 20 heavy (non-hydrogen) atoms. The number of nitrogens with zero attached hydrogens (tertiary/aromatic N) is 2. The maximum atomic E-state index is 8.30. The van der Waals surface area contributed by atoms with Crippen molar-refractivity contribution in [1.82, 2.24) is 4.68 Å².